The second-order valence-corrected chi connectivity index (χ2v) is 6.00. The average Bonchev–Trinajstić information content (AvgIpc) is 2.72. The number of pyridine rings is 1. The lowest BCUT2D eigenvalue weighted by Gasteiger charge is -2.09. The number of nitrogens with zero attached hydrogens (tertiary/aromatic N) is 1. The summed E-state index contributed by atoms with van der Waals surface area (Å²) in [5, 5.41) is 9.46. The molecule has 2 aromatic rings. The molecule has 0 spiro atoms. The first-order valence-corrected chi connectivity index (χ1v) is 7.75. The first kappa shape index (κ1) is 14.2. The van der Waals surface area contributed by atoms with Crippen LogP contribution in [-0.2, 0) is 0 Å². The predicted octanol–water partition coefficient (Wildman–Crippen LogP) is 3.45. The van der Waals surface area contributed by atoms with Gasteiger partial charge in [-0.3, -0.25) is 4.98 Å². The summed E-state index contributed by atoms with van der Waals surface area (Å²) in [6.07, 6.45) is 2.14. The van der Waals surface area contributed by atoms with Crippen molar-refractivity contribution < 1.29 is 14.6 Å². The van der Waals surface area contributed by atoms with Gasteiger partial charge in [0.05, 0.1) is 25.0 Å². The van der Waals surface area contributed by atoms with E-state index in [2.05, 4.69) is 4.98 Å². The van der Waals surface area contributed by atoms with Crippen LogP contribution < -0.4 is 9.47 Å². The Morgan fingerprint density at radius 1 is 1.10 bits per heavy atom. The van der Waals surface area contributed by atoms with E-state index < -0.39 is 6.10 Å². The molecule has 1 aliphatic rings. The summed E-state index contributed by atoms with van der Waals surface area (Å²) in [7, 11) is 0. The van der Waals surface area contributed by atoms with Gasteiger partial charge in [-0.05, 0) is 37.3 Å². The molecule has 0 fully saturated rings. The second kappa shape index (κ2) is 6.37. The Labute approximate surface area is 128 Å². The topological polar surface area (TPSA) is 51.6 Å². The minimum Gasteiger partial charge on any atom is -0.490 e. The number of aromatic nitrogens is 1. The van der Waals surface area contributed by atoms with E-state index in [-0.39, 0.29) is 0 Å². The molecule has 1 unspecified atom stereocenters. The van der Waals surface area contributed by atoms with Crippen LogP contribution in [0.1, 0.15) is 25.1 Å². The van der Waals surface area contributed by atoms with Gasteiger partial charge < -0.3 is 14.6 Å². The molecule has 3 rings (SSSR count). The van der Waals surface area contributed by atoms with E-state index in [1.54, 1.807) is 24.9 Å². The maximum Gasteiger partial charge on any atom is 0.162 e. The lowest BCUT2D eigenvalue weighted by Crippen LogP contribution is -1.97. The summed E-state index contributed by atoms with van der Waals surface area (Å²) in [5.41, 5.74) is 0.679. The zero-order valence-electron chi connectivity index (χ0n) is 11.8. The van der Waals surface area contributed by atoms with E-state index in [9.17, 15) is 5.11 Å². The second-order valence-electron chi connectivity index (χ2n) is 4.86. The lowest BCUT2D eigenvalue weighted by atomic mass is 10.2. The summed E-state index contributed by atoms with van der Waals surface area (Å²) in [5.74, 6) is 1.60. The van der Waals surface area contributed by atoms with Gasteiger partial charge in [0, 0.05) is 22.4 Å². The van der Waals surface area contributed by atoms with Crippen LogP contribution in [0.2, 0.25) is 0 Å². The van der Waals surface area contributed by atoms with Crippen LogP contribution in [-0.4, -0.2) is 23.3 Å². The normalized spacial score (nSPS) is 15.3. The number of aliphatic hydroxyl groups is 1. The molecule has 0 bridgehead atoms. The first-order valence-electron chi connectivity index (χ1n) is 6.94. The van der Waals surface area contributed by atoms with Gasteiger partial charge in [0.25, 0.3) is 0 Å². The van der Waals surface area contributed by atoms with Crippen LogP contribution in [0.3, 0.4) is 0 Å². The summed E-state index contributed by atoms with van der Waals surface area (Å²) in [6.45, 7) is 3.09. The molecule has 0 radical (unpaired) electrons. The van der Waals surface area contributed by atoms with E-state index >= 15 is 0 Å². The third-order valence-electron chi connectivity index (χ3n) is 3.14. The van der Waals surface area contributed by atoms with Crippen molar-refractivity contribution >= 4 is 11.8 Å². The molecule has 0 amide bonds. The van der Waals surface area contributed by atoms with Gasteiger partial charge in [0.15, 0.2) is 11.5 Å². The van der Waals surface area contributed by atoms with E-state index in [4.69, 9.17) is 9.47 Å². The Morgan fingerprint density at radius 2 is 1.86 bits per heavy atom. The SMILES string of the molecule is CC(O)c1ccc(Sc2ccc3c(c2)OCCCO3)cn1. The highest BCUT2D eigenvalue weighted by molar-refractivity contribution is 7.99. The summed E-state index contributed by atoms with van der Waals surface area (Å²) < 4.78 is 11.3. The predicted molar refractivity (Wildman–Crippen MR) is 81.0 cm³/mol. The molecule has 5 heteroatoms. The largest absolute Gasteiger partial charge is 0.490 e. The van der Waals surface area contributed by atoms with Gasteiger partial charge in [-0.25, -0.2) is 0 Å². The Bertz CT molecular complexity index is 613. The molecule has 1 aliphatic heterocycles. The Hall–Kier alpha value is -1.72. The van der Waals surface area contributed by atoms with E-state index in [0.717, 1.165) is 27.7 Å². The molecular weight excluding hydrogens is 286 g/mol. The lowest BCUT2D eigenvalue weighted by molar-refractivity contribution is 0.194. The zero-order valence-corrected chi connectivity index (χ0v) is 12.6. The summed E-state index contributed by atoms with van der Waals surface area (Å²) >= 11 is 1.61. The molecule has 0 saturated heterocycles. The van der Waals surface area contributed by atoms with Crippen molar-refractivity contribution in [1.82, 2.24) is 4.98 Å². The van der Waals surface area contributed by atoms with E-state index in [1.807, 2.05) is 30.3 Å². The van der Waals surface area contributed by atoms with Crippen LogP contribution in [0.25, 0.3) is 0 Å². The first-order chi connectivity index (χ1) is 10.2. The minimum absolute atomic E-state index is 0.540. The maximum absolute atomic E-state index is 9.46. The quantitative estimate of drug-likeness (QED) is 0.941. The van der Waals surface area contributed by atoms with Gasteiger partial charge in [-0.15, -0.1) is 0 Å². The molecule has 0 aliphatic carbocycles. The molecule has 2 heterocycles. The molecule has 21 heavy (non-hydrogen) atoms. The van der Waals surface area contributed by atoms with Crippen LogP contribution >= 0.6 is 11.8 Å². The summed E-state index contributed by atoms with van der Waals surface area (Å²) in [6, 6.07) is 9.76. The van der Waals surface area contributed by atoms with E-state index in [0.29, 0.717) is 18.9 Å². The Balaban J connectivity index is 1.77. The van der Waals surface area contributed by atoms with Gasteiger partial charge in [-0.1, -0.05) is 11.8 Å². The standard InChI is InChI=1S/C16H17NO3S/c1-11(18)14-5-3-13(10-17-14)21-12-4-6-15-16(9-12)20-8-2-7-19-15/h3-6,9-11,18H,2,7-8H2,1H3. The average molecular weight is 303 g/mol. The Morgan fingerprint density at radius 3 is 2.57 bits per heavy atom. The van der Waals surface area contributed by atoms with Crippen molar-refractivity contribution in [3.63, 3.8) is 0 Å². The number of hydrogen-bond acceptors (Lipinski definition) is 5. The van der Waals surface area contributed by atoms with Crippen LogP contribution in [0.4, 0.5) is 0 Å². The fourth-order valence-corrected chi connectivity index (χ4v) is 2.86. The van der Waals surface area contributed by atoms with Gasteiger partial charge in [-0.2, -0.15) is 0 Å². The third kappa shape index (κ3) is 3.49. The monoisotopic (exact) mass is 303 g/mol. The van der Waals surface area contributed by atoms with Gasteiger partial charge in [0.2, 0.25) is 0 Å². The number of ether oxygens (including phenoxy) is 2. The van der Waals surface area contributed by atoms with Crippen molar-refractivity contribution in [2.45, 2.75) is 29.2 Å². The van der Waals surface area contributed by atoms with Crippen LogP contribution in [0, 0.1) is 0 Å². The van der Waals surface area contributed by atoms with E-state index in [1.165, 1.54) is 0 Å². The maximum atomic E-state index is 9.46. The van der Waals surface area contributed by atoms with Gasteiger partial charge in [0.1, 0.15) is 0 Å². The molecule has 1 aromatic heterocycles. The van der Waals surface area contributed by atoms with Crippen molar-refractivity contribution in [2.24, 2.45) is 0 Å². The number of benzene rings is 1. The highest BCUT2D eigenvalue weighted by Gasteiger charge is 2.11. The molecule has 1 atom stereocenters. The van der Waals surface area contributed by atoms with Crippen LogP contribution in [0.5, 0.6) is 11.5 Å². The van der Waals surface area contributed by atoms with Crippen molar-refractivity contribution in [2.75, 3.05) is 13.2 Å². The smallest absolute Gasteiger partial charge is 0.162 e. The number of hydrogen-bond donors (Lipinski definition) is 1. The molecule has 110 valence electrons. The number of aliphatic hydroxyl groups excluding tert-OH is 1. The zero-order chi connectivity index (χ0) is 14.7. The molecular formula is C16H17NO3S. The van der Waals surface area contributed by atoms with Gasteiger partial charge >= 0.3 is 0 Å². The number of fused-ring (bicyclic) bond motifs is 1. The van der Waals surface area contributed by atoms with Crippen molar-refractivity contribution in [1.29, 1.82) is 0 Å². The van der Waals surface area contributed by atoms with Crippen molar-refractivity contribution in [3.05, 3.63) is 42.2 Å². The van der Waals surface area contributed by atoms with Crippen LogP contribution in [0.15, 0.2) is 46.3 Å². The number of rotatable bonds is 3. The third-order valence-corrected chi connectivity index (χ3v) is 4.11. The highest BCUT2D eigenvalue weighted by atomic mass is 32.2. The Kier molecular flexibility index (Phi) is 4.31. The fourth-order valence-electron chi connectivity index (χ4n) is 2.04. The molecule has 1 N–H and O–H groups in total. The molecule has 4 nitrogen and oxygen atoms in total. The highest BCUT2D eigenvalue weighted by Crippen LogP contribution is 2.36. The fraction of sp³-hybridized carbons (Fsp3) is 0.312. The molecule has 1 aromatic carbocycles. The van der Waals surface area contributed by atoms with Crippen molar-refractivity contribution in [3.8, 4) is 11.5 Å². The molecule has 0 saturated carbocycles. The summed E-state index contributed by atoms with van der Waals surface area (Å²) in [4.78, 5) is 6.35. The minimum atomic E-state index is -0.540.